The number of unbranched alkanes of at least 4 members (excludes halogenated alkanes) is 1. The van der Waals surface area contributed by atoms with Crippen LogP contribution in [0.5, 0.6) is 0 Å². The fraction of sp³-hybridized carbons (Fsp3) is 0.333. The van der Waals surface area contributed by atoms with Crippen molar-refractivity contribution in [1.82, 2.24) is 10.2 Å². The first-order valence-electron chi connectivity index (χ1n) is 8.00. The number of aromatic nitrogens is 2. The summed E-state index contributed by atoms with van der Waals surface area (Å²) in [6, 6.07) is 9.87. The van der Waals surface area contributed by atoms with Gasteiger partial charge in [0.1, 0.15) is 16.6 Å². The van der Waals surface area contributed by atoms with Gasteiger partial charge in [-0.15, -0.1) is 10.2 Å². The van der Waals surface area contributed by atoms with Gasteiger partial charge in [-0.05, 0) is 36.5 Å². The van der Waals surface area contributed by atoms with E-state index in [1.54, 1.807) is 6.08 Å². The number of nitriles is 1. The molecule has 5 nitrogen and oxygen atoms in total. The monoisotopic (exact) mass is 340 g/mol. The molecular formula is C18H20N4OS. The lowest BCUT2D eigenvalue weighted by atomic mass is 10.0. The van der Waals surface area contributed by atoms with Crippen molar-refractivity contribution in [3.8, 4) is 6.07 Å². The molecule has 0 aliphatic rings. The number of amides is 1. The van der Waals surface area contributed by atoms with Crippen LogP contribution in [0, 0.1) is 11.3 Å². The number of nitrogens with one attached hydrogen (secondary N) is 1. The molecule has 0 bridgehead atoms. The van der Waals surface area contributed by atoms with E-state index in [2.05, 4.69) is 22.4 Å². The minimum Gasteiger partial charge on any atom is -0.296 e. The molecule has 0 spiro atoms. The lowest BCUT2D eigenvalue weighted by molar-refractivity contribution is -0.112. The van der Waals surface area contributed by atoms with Gasteiger partial charge in [-0.1, -0.05) is 55.9 Å². The van der Waals surface area contributed by atoms with Crippen LogP contribution in [-0.4, -0.2) is 16.1 Å². The van der Waals surface area contributed by atoms with Crippen molar-refractivity contribution in [3.05, 3.63) is 46.0 Å². The fourth-order valence-electron chi connectivity index (χ4n) is 2.09. The zero-order valence-corrected chi connectivity index (χ0v) is 14.7. The number of hydrogen-bond donors (Lipinski definition) is 1. The number of aryl methyl sites for hydroxylation is 2. The molecule has 0 aliphatic heterocycles. The van der Waals surface area contributed by atoms with E-state index < -0.39 is 5.91 Å². The number of nitrogens with zero attached hydrogens (tertiary/aromatic N) is 3. The highest BCUT2D eigenvalue weighted by atomic mass is 32.1. The minimum absolute atomic E-state index is 0.0459. The maximum absolute atomic E-state index is 12.2. The van der Waals surface area contributed by atoms with Crippen LogP contribution in [0.15, 0.2) is 29.8 Å². The predicted octanol–water partition coefficient (Wildman–Crippen LogP) is 3.99. The smallest absolute Gasteiger partial charge is 0.268 e. The molecule has 0 unspecified atom stereocenters. The molecule has 2 rings (SSSR count). The third-order valence-corrected chi connectivity index (χ3v) is 4.45. The van der Waals surface area contributed by atoms with Gasteiger partial charge in [0.25, 0.3) is 5.91 Å². The summed E-state index contributed by atoms with van der Waals surface area (Å²) >= 11 is 1.31. The summed E-state index contributed by atoms with van der Waals surface area (Å²) in [4.78, 5) is 12.2. The standard InChI is InChI=1S/C18H20N4OS/c1-3-5-6-13-7-9-14(10-8-13)11-15(12-19)17(23)20-18-22-21-16(4-2)24-18/h7-11H,3-6H2,1-2H3,(H,20,22,23). The van der Waals surface area contributed by atoms with E-state index in [1.165, 1.54) is 16.9 Å². The normalized spacial score (nSPS) is 11.1. The van der Waals surface area contributed by atoms with E-state index in [4.69, 9.17) is 0 Å². The lowest BCUT2D eigenvalue weighted by Gasteiger charge is -2.02. The molecular weight excluding hydrogens is 320 g/mol. The van der Waals surface area contributed by atoms with Gasteiger partial charge < -0.3 is 0 Å². The Kier molecular flexibility index (Phi) is 6.64. The predicted molar refractivity (Wildman–Crippen MR) is 96.6 cm³/mol. The van der Waals surface area contributed by atoms with Gasteiger partial charge >= 0.3 is 0 Å². The van der Waals surface area contributed by atoms with Crippen molar-refractivity contribution in [3.63, 3.8) is 0 Å². The van der Waals surface area contributed by atoms with Crippen LogP contribution < -0.4 is 5.32 Å². The topological polar surface area (TPSA) is 78.7 Å². The molecule has 0 saturated heterocycles. The first-order chi connectivity index (χ1) is 11.7. The highest BCUT2D eigenvalue weighted by Crippen LogP contribution is 2.17. The van der Waals surface area contributed by atoms with Crippen molar-refractivity contribution in [2.45, 2.75) is 39.5 Å². The minimum atomic E-state index is -0.466. The van der Waals surface area contributed by atoms with E-state index in [9.17, 15) is 10.1 Å². The largest absolute Gasteiger partial charge is 0.296 e. The molecule has 0 radical (unpaired) electrons. The molecule has 1 aromatic carbocycles. The second-order valence-electron chi connectivity index (χ2n) is 5.32. The van der Waals surface area contributed by atoms with Crippen molar-refractivity contribution in [1.29, 1.82) is 5.26 Å². The quantitative estimate of drug-likeness (QED) is 0.610. The fourth-order valence-corrected chi connectivity index (χ4v) is 2.76. The van der Waals surface area contributed by atoms with Crippen LogP contribution in [0.1, 0.15) is 42.8 Å². The van der Waals surface area contributed by atoms with E-state index in [-0.39, 0.29) is 5.57 Å². The third kappa shape index (κ3) is 5.00. The molecule has 6 heteroatoms. The van der Waals surface area contributed by atoms with Crippen molar-refractivity contribution in [2.75, 3.05) is 5.32 Å². The number of carbonyl (C=O) groups excluding carboxylic acids is 1. The second kappa shape index (κ2) is 8.94. The maximum atomic E-state index is 12.2. The van der Waals surface area contributed by atoms with Crippen LogP contribution in [-0.2, 0) is 17.6 Å². The highest BCUT2D eigenvalue weighted by molar-refractivity contribution is 7.15. The molecule has 0 fully saturated rings. The lowest BCUT2D eigenvalue weighted by Crippen LogP contribution is -2.13. The van der Waals surface area contributed by atoms with Gasteiger partial charge in [0.05, 0.1) is 0 Å². The SMILES string of the molecule is CCCCc1ccc(C=C(C#N)C(=O)Nc2nnc(CC)s2)cc1. The number of anilines is 1. The van der Waals surface area contributed by atoms with E-state index >= 15 is 0 Å². The van der Waals surface area contributed by atoms with E-state index in [1.807, 2.05) is 37.3 Å². The number of benzene rings is 1. The Bertz CT molecular complexity index is 756. The molecule has 0 atom stereocenters. The van der Waals surface area contributed by atoms with Gasteiger partial charge in [-0.3, -0.25) is 10.1 Å². The first-order valence-corrected chi connectivity index (χ1v) is 8.82. The Morgan fingerprint density at radius 2 is 2.04 bits per heavy atom. The summed E-state index contributed by atoms with van der Waals surface area (Å²) in [7, 11) is 0. The molecule has 1 amide bonds. The van der Waals surface area contributed by atoms with Crippen LogP contribution in [0.2, 0.25) is 0 Å². The molecule has 124 valence electrons. The Morgan fingerprint density at radius 1 is 1.29 bits per heavy atom. The Morgan fingerprint density at radius 3 is 2.62 bits per heavy atom. The van der Waals surface area contributed by atoms with Crippen molar-refractivity contribution in [2.24, 2.45) is 0 Å². The number of rotatable bonds is 7. The molecule has 0 saturated carbocycles. The van der Waals surface area contributed by atoms with Crippen molar-refractivity contribution < 1.29 is 4.79 Å². The molecule has 1 N–H and O–H groups in total. The van der Waals surface area contributed by atoms with Crippen LogP contribution >= 0.6 is 11.3 Å². The summed E-state index contributed by atoms with van der Waals surface area (Å²) in [6.07, 6.45) is 5.71. The average Bonchev–Trinajstić information content (AvgIpc) is 3.06. The van der Waals surface area contributed by atoms with Gasteiger partial charge in [-0.2, -0.15) is 5.26 Å². The zero-order chi connectivity index (χ0) is 17.4. The average molecular weight is 340 g/mol. The summed E-state index contributed by atoms with van der Waals surface area (Å²) in [6.45, 7) is 4.13. The molecule has 0 aliphatic carbocycles. The molecule has 24 heavy (non-hydrogen) atoms. The Balaban J connectivity index is 2.07. The van der Waals surface area contributed by atoms with Crippen molar-refractivity contribution >= 4 is 28.5 Å². The Hall–Kier alpha value is -2.52. The molecule has 1 aromatic heterocycles. The van der Waals surface area contributed by atoms with Crippen LogP contribution in [0.25, 0.3) is 6.08 Å². The third-order valence-electron chi connectivity index (χ3n) is 3.46. The van der Waals surface area contributed by atoms with Crippen LogP contribution in [0.4, 0.5) is 5.13 Å². The summed E-state index contributed by atoms with van der Waals surface area (Å²) in [5.74, 6) is -0.466. The van der Waals surface area contributed by atoms with Gasteiger partial charge in [0, 0.05) is 0 Å². The van der Waals surface area contributed by atoms with Gasteiger partial charge in [0.2, 0.25) is 5.13 Å². The van der Waals surface area contributed by atoms with Gasteiger partial charge in [-0.25, -0.2) is 0 Å². The first kappa shape index (κ1) is 17.8. The molecule has 2 aromatic rings. The maximum Gasteiger partial charge on any atom is 0.268 e. The zero-order valence-electron chi connectivity index (χ0n) is 13.9. The summed E-state index contributed by atoms with van der Waals surface area (Å²) in [5.41, 5.74) is 2.14. The second-order valence-corrected chi connectivity index (χ2v) is 6.39. The molecule has 1 heterocycles. The number of carbonyl (C=O) groups is 1. The highest BCUT2D eigenvalue weighted by Gasteiger charge is 2.12. The van der Waals surface area contributed by atoms with Gasteiger partial charge in [0.15, 0.2) is 0 Å². The Labute approximate surface area is 146 Å². The summed E-state index contributed by atoms with van der Waals surface area (Å²) in [5, 5.41) is 21.0. The van der Waals surface area contributed by atoms with E-state index in [0.717, 1.165) is 36.3 Å². The van der Waals surface area contributed by atoms with Crippen LogP contribution in [0.3, 0.4) is 0 Å². The van der Waals surface area contributed by atoms with E-state index in [0.29, 0.717) is 5.13 Å². The number of hydrogen-bond acceptors (Lipinski definition) is 5. The summed E-state index contributed by atoms with van der Waals surface area (Å²) < 4.78 is 0.